The van der Waals surface area contributed by atoms with Gasteiger partial charge in [0.25, 0.3) is 5.91 Å². The van der Waals surface area contributed by atoms with Gasteiger partial charge in [-0.1, -0.05) is 30.3 Å². The zero-order valence-corrected chi connectivity index (χ0v) is 9.65. The van der Waals surface area contributed by atoms with Gasteiger partial charge in [-0.05, 0) is 0 Å². The van der Waals surface area contributed by atoms with Crippen LogP contribution < -0.4 is 11.5 Å². The summed E-state index contributed by atoms with van der Waals surface area (Å²) in [6.45, 7) is 0. The number of nitrogen functional groups attached to an aromatic ring is 1. The monoisotopic (exact) mass is 250 g/mol. The Labute approximate surface area is 104 Å². The van der Waals surface area contributed by atoms with E-state index in [2.05, 4.69) is 9.97 Å². The summed E-state index contributed by atoms with van der Waals surface area (Å²) < 4.78 is 0. The number of carbonyl (C=O) groups excluding carboxylic acids is 1. The Kier molecular flexibility index (Phi) is 4.01. The number of halogens is 1. The highest BCUT2D eigenvalue weighted by atomic mass is 35.5. The van der Waals surface area contributed by atoms with Gasteiger partial charge in [0.05, 0.1) is 11.9 Å². The van der Waals surface area contributed by atoms with Gasteiger partial charge in [0.1, 0.15) is 0 Å². The van der Waals surface area contributed by atoms with Crippen molar-refractivity contribution in [2.75, 3.05) is 5.73 Å². The SMILES string of the molecule is Cl.NC(=O)c1ncc(-c2ccccc2)nc1N. The fourth-order valence-corrected chi connectivity index (χ4v) is 1.34. The molecule has 1 amide bonds. The zero-order chi connectivity index (χ0) is 11.5. The lowest BCUT2D eigenvalue weighted by molar-refractivity contribution is 0.0996. The van der Waals surface area contributed by atoms with Crippen molar-refractivity contribution in [2.24, 2.45) is 5.73 Å². The molecule has 2 rings (SSSR count). The van der Waals surface area contributed by atoms with Crippen molar-refractivity contribution in [1.29, 1.82) is 0 Å². The second-order valence-corrected chi connectivity index (χ2v) is 3.22. The predicted octanol–water partition coefficient (Wildman–Crippen LogP) is 1.25. The molecule has 0 saturated carbocycles. The first-order valence-corrected chi connectivity index (χ1v) is 4.66. The van der Waals surface area contributed by atoms with Crippen molar-refractivity contribution in [3.8, 4) is 11.3 Å². The summed E-state index contributed by atoms with van der Waals surface area (Å²) in [6, 6.07) is 9.43. The molecule has 0 fully saturated rings. The standard InChI is InChI=1S/C11H10N4O.ClH/c12-10-9(11(13)16)14-6-8(15-10)7-4-2-1-3-5-7;/h1-6H,(H2,12,15)(H2,13,16);1H. The molecule has 0 spiro atoms. The minimum Gasteiger partial charge on any atom is -0.382 e. The third kappa shape index (κ3) is 2.70. The topological polar surface area (TPSA) is 94.9 Å². The summed E-state index contributed by atoms with van der Waals surface area (Å²) >= 11 is 0. The van der Waals surface area contributed by atoms with Gasteiger partial charge in [-0.15, -0.1) is 12.4 Å². The maximum Gasteiger partial charge on any atom is 0.271 e. The van der Waals surface area contributed by atoms with E-state index in [4.69, 9.17) is 11.5 Å². The summed E-state index contributed by atoms with van der Waals surface area (Å²) in [6.07, 6.45) is 1.48. The largest absolute Gasteiger partial charge is 0.382 e. The molecule has 0 aliphatic carbocycles. The first-order chi connectivity index (χ1) is 7.68. The Balaban J connectivity index is 0.00000144. The van der Waals surface area contributed by atoms with Crippen LogP contribution in [0.15, 0.2) is 36.5 Å². The smallest absolute Gasteiger partial charge is 0.271 e. The quantitative estimate of drug-likeness (QED) is 0.838. The van der Waals surface area contributed by atoms with E-state index in [1.165, 1.54) is 6.20 Å². The predicted molar refractivity (Wildman–Crippen MR) is 67.6 cm³/mol. The minimum absolute atomic E-state index is 0. The molecule has 5 nitrogen and oxygen atoms in total. The first kappa shape index (κ1) is 12.9. The Morgan fingerprint density at radius 3 is 2.35 bits per heavy atom. The van der Waals surface area contributed by atoms with Crippen LogP contribution in [0.4, 0.5) is 5.82 Å². The van der Waals surface area contributed by atoms with E-state index < -0.39 is 5.91 Å². The highest BCUT2D eigenvalue weighted by Gasteiger charge is 2.10. The van der Waals surface area contributed by atoms with E-state index in [1.54, 1.807) is 0 Å². The lowest BCUT2D eigenvalue weighted by atomic mass is 10.1. The number of carbonyl (C=O) groups is 1. The van der Waals surface area contributed by atoms with Gasteiger partial charge in [-0.2, -0.15) is 0 Å². The van der Waals surface area contributed by atoms with Crippen LogP contribution in [-0.4, -0.2) is 15.9 Å². The lowest BCUT2D eigenvalue weighted by Gasteiger charge is -2.03. The number of rotatable bonds is 2. The maximum absolute atomic E-state index is 10.9. The van der Waals surface area contributed by atoms with Crippen LogP contribution in [0, 0.1) is 0 Å². The molecule has 0 radical (unpaired) electrons. The zero-order valence-electron chi connectivity index (χ0n) is 8.83. The minimum atomic E-state index is -0.676. The lowest BCUT2D eigenvalue weighted by Crippen LogP contribution is -2.16. The molecule has 0 aliphatic heterocycles. The van der Waals surface area contributed by atoms with E-state index in [9.17, 15) is 4.79 Å². The summed E-state index contributed by atoms with van der Waals surface area (Å²) in [5, 5.41) is 0. The maximum atomic E-state index is 10.9. The molecular weight excluding hydrogens is 240 g/mol. The first-order valence-electron chi connectivity index (χ1n) is 4.66. The van der Waals surface area contributed by atoms with Gasteiger partial charge in [-0.25, -0.2) is 9.97 Å². The molecule has 6 heteroatoms. The molecule has 0 unspecified atom stereocenters. The number of benzene rings is 1. The van der Waals surface area contributed by atoms with Crippen LogP contribution >= 0.6 is 12.4 Å². The number of nitrogens with zero attached hydrogens (tertiary/aromatic N) is 2. The number of aromatic nitrogens is 2. The van der Waals surface area contributed by atoms with E-state index in [0.717, 1.165) is 5.56 Å². The third-order valence-electron chi connectivity index (χ3n) is 2.10. The van der Waals surface area contributed by atoms with E-state index in [0.29, 0.717) is 5.69 Å². The highest BCUT2D eigenvalue weighted by molar-refractivity contribution is 5.95. The fraction of sp³-hybridized carbons (Fsp3) is 0. The van der Waals surface area contributed by atoms with Crippen LogP contribution in [-0.2, 0) is 0 Å². The average molecular weight is 251 g/mol. The fourth-order valence-electron chi connectivity index (χ4n) is 1.34. The molecule has 4 N–H and O–H groups in total. The Bertz CT molecular complexity index is 530. The van der Waals surface area contributed by atoms with Crippen molar-refractivity contribution in [2.45, 2.75) is 0 Å². The summed E-state index contributed by atoms with van der Waals surface area (Å²) in [5.74, 6) is -0.626. The molecule has 0 bridgehead atoms. The van der Waals surface area contributed by atoms with Gasteiger partial charge in [0.15, 0.2) is 11.5 Å². The number of amides is 1. The van der Waals surface area contributed by atoms with Crippen LogP contribution in [0.1, 0.15) is 10.5 Å². The van der Waals surface area contributed by atoms with Crippen molar-refractivity contribution >= 4 is 24.1 Å². The normalized spacial score (nSPS) is 9.41. The molecule has 1 heterocycles. The van der Waals surface area contributed by atoms with Gasteiger partial charge in [0.2, 0.25) is 0 Å². The van der Waals surface area contributed by atoms with E-state index in [-0.39, 0.29) is 23.9 Å². The molecule has 17 heavy (non-hydrogen) atoms. The van der Waals surface area contributed by atoms with E-state index >= 15 is 0 Å². The van der Waals surface area contributed by atoms with Crippen molar-refractivity contribution in [1.82, 2.24) is 9.97 Å². The molecule has 0 atom stereocenters. The van der Waals surface area contributed by atoms with Gasteiger partial charge < -0.3 is 11.5 Å². The molecule has 88 valence electrons. The van der Waals surface area contributed by atoms with Crippen LogP contribution in [0.3, 0.4) is 0 Å². The highest BCUT2D eigenvalue weighted by Crippen LogP contribution is 2.17. The number of hydrogen-bond acceptors (Lipinski definition) is 4. The van der Waals surface area contributed by atoms with Gasteiger partial charge in [0, 0.05) is 5.56 Å². The average Bonchev–Trinajstić information content (AvgIpc) is 2.29. The Morgan fingerprint density at radius 2 is 1.82 bits per heavy atom. The number of primary amides is 1. The second kappa shape index (κ2) is 5.27. The Hall–Kier alpha value is -2.14. The van der Waals surface area contributed by atoms with E-state index in [1.807, 2.05) is 30.3 Å². The van der Waals surface area contributed by atoms with Crippen molar-refractivity contribution < 1.29 is 4.79 Å². The molecule has 2 aromatic rings. The van der Waals surface area contributed by atoms with Gasteiger partial charge in [-0.3, -0.25) is 4.79 Å². The molecule has 1 aromatic carbocycles. The Morgan fingerprint density at radius 1 is 1.18 bits per heavy atom. The number of nitrogens with two attached hydrogens (primary N) is 2. The third-order valence-corrected chi connectivity index (χ3v) is 2.10. The van der Waals surface area contributed by atoms with Crippen molar-refractivity contribution in [3.05, 3.63) is 42.2 Å². The van der Waals surface area contributed by atoms with Crippen molar-refractivity contribution in [3.63, 3.8) is 0 Å². The van der Waals surface area contributed by atoms with Crippen LogP contribution in [0.2, 0.25) is 0 Å². The van der Waals surface area contributed by atoms with Crippen LogP contribution in [0.5, 0.6) is 0 Å². The number of hydrogen-bond donors (Lipinski definition) is 2. The molecule has 1 aromatic heterocycles. The molecule has 0 aliphatic rings. The summed E-state index contributed by atoms with van der Waals surface area (Å²) in [4.78, 5) is 18.9. The second-order valence-electron chi connectivity index (χ2n) is 3.22. The summed E-state index contributed by atoms with van der Waals surface area (Å²) in [7, 11) is 0. The number of anilines is 1. The molecule has 0 saturated heterocycles. The van der Waals surface area contributed by atoms with Gasteiger partial charge >= 0.3 is 0 Å². The molecular formula is C11H11ClN4O. The van der Waals surface area contributed by atoms with Crippen LogP contribution in [0.25, 0.3) is 11.3 Å². The summed E-state index contributed by atoms with van der Waals surface area (Å²) in [5.41, 5.74) is 12.2.